The fourth-order valence-corrected chi connectivity index (χ4v) is 3.48. The third-order valence-corrected chi connectivity index (χ3v) is 4.80. The van der Waals surface area contributed by atoms with Crippen molar-refractivity contribution >= 4 is 21.8 Å². The summed E-state index contributed by atoms with van der Waals surface area (Å²) < 4.78 is 11.8. The van der Waals surface area contributed by atoms with Crippen molar-refractivity contribution in [3.63, 3.8) is 0 Å². The fraction of sp³-hybridized carbons (Fsp3) is 0.688. The first-order valence-electron chi connectivity index (χ1n) is 8.09. The van der Waals surface area contributed by atoms with E-state index in [9.17, 15) is 4.79 Å². The van der Waals surface area contributed by atoms with Gasteiger partial charge in [0.2, 0.25) is 0 Å². The van der Waals surface area contributed by atoms with E-state index >= 15 is 0 Å². The Labute approximate surface area is 139 Å². The van der Waals surface area contributed by atoms with Crippen molar-refractivity contribution in [2.75, 3.05) is 32.8 Å². The molecule has 3 rings (SSSR count). The summed E-state index contributed by atoms with van der Waals surface area (Å²) in [4.78, 5) is 17.0. The maximum atomic E-state index is 12.7. The van der Waals surface area contributed by atoms with E-state index < -0.39 is 0 Å². The average molecular weight is 371 g/mol. The van der Waals surface area contributed by atoms with Crippen LogP contribution in [0.4, 0.5) is 0 Å². The summed E-state index contributed by atoms with van der Waals surface area (Å²) in [5.74, 6) is 0.906. The third kappa shape index (κ3) is 4.12. The van der Waals surface area contributed by atoms with Crippen molar-refractivity contribution in [2.45, 2.75) is 38.3 Å². The van der Waals surface area contributed by atoms with Crippen LogP contribution in [0.15, 0.2) is 21.2 Å². The number of nitrogens with zero attached hydrogens (tertiary/aromatic N) is 2. The molecular formula is C16H23BrN2O3. The van der Waals surface area contributed by atoms with Gasteiger partial charge in [0.1, 0.15) is 11.9 Å². The van der Waals surface area contributed by atoms with Crippen LogP contribution in [0.25, 0.3) is 0 Å². The van der Waals surface area contributed by atoms with Crippen molar-refractivity contribution in [3.8, 4) is 0 Å². The summed E-state index contributed by atoms with van der Waals surface area (Å²) in [5, 5.41) is 0. The van der Waals surface area contributed by atoms with Crippen LogP contribution >= 0.6 is 15.9 Å². The summed E-state index contributed by atoms with van der Waals surface area (Å²) in [6.45, 7) is 5.17. The van der Waals surface area contributed by atoms with Crippen LogP contribution in [0.3, 0.4) is 0 Å². The molecule has 2 aliphatic heterocycles. The zero-order valence-corrected chi connectivity index (χ0v) is 14.4. The quantitative estimate of drug-likeness (QED) is 0.771. The van der Waals surface area contributed by atoms with Gasteiger partial charge in [0.05, 0.1) is 6.54 Å². The number of halogens is 1. The van der Waals surface area contributed by atoms with Crippen molar-refractivity contribution in [2.24, 2.45) is 0 Å². The second kappa shape index (κ2) is 7.62. The minimum atomic E-state index is -0.267. The second-order valence-corrected chi connectivity index (χ2v) is 6.80. The molecule has 0 aliphatic carbocycles. The predicted octanol–water partition coefficient (Wildman–Crippen LogP) is 2.65. The topological polar surface area (TPSA) is 45.9 Å². The lowest BCUT2D eigenvalue weighted by molar-refractivity contribution is -0.142. The highest BCUT2D eigenvalue weighted by Crippen LogP contribution is 2.19. The number of hydrogen-bond donors (Lipinski definition) is 0. The van der Waals surface area contributed by atoms with Crippen LogP contribution in [0.5, 0.6) is 0 Å². The summed E-state index contributed by atoms with van der Waals surface area (Å²) >= 11 is 3.32. The Morgan fingerprint density at radius 3 is 2.77 bits per heavy atom. The summed E-state index contributed by atoms with van der Waals surface area (Å²) in [6, 6.07) is 3.78. The molecule has 1 amide bonds. The molecule has 1 aromatic rings. The maximum absolute atomic E-state index is 12.7. The van der Waals surface area contributed by atoms with Crippen molar-refractivity contribution in [3.05, 3.63) is 22.6 Å². The third-order valence-electron chi connectivity index (χ3n) is 4.38. The second-order valence-electron chi connectivity index (χ2n) is 6.02. The highest BCUT2D eigenvalue weighted by molar-refractivity contribution is 9.10. The first kappa shape index (κ1) is 16.0. The lowest BCUT2D eigenvalue weighted by atomic mass is 10.2. The van der Waals surface area contributed by atoms with E-state index in [1.807, 2.05) is 17.0 Å². The normalized spacial score (nSPS) is 22.3. The molecular weight excluding hydrogens is 348 g/mol. The van der Waals surface area contributed by atoms with Gasteiger partial charge in [-0.05, 0) is 66.8 Å². The van der Waals surface area contributed by atoms with Gasteiger partial charge < -0.3 is 19.0 Å². The molecule has 22 heavy (non-hydrogen) atoms. The van der Waals surface area contributed by atoms with Crippen molar-refractivity contribution in [1.29, 1.82) is 0 Å². The van der Waals surface area contributed by atoms with E-state index in [2.05, 4.69) is 20.8 Å². The van der Waals surface area contributed by atoms with Gasteiger partial charge in [-0.2, -0.15) is 0 Å². The minimum absolute atomic E-state index is 0.101. The first-order valence-corrected chi connectivity index (χ1v) is 8.88. The Bertz CT molecular complexity index is 493. The molecule has 122 valence electrons. The molecule has 2 saturated heterocycles. The lowest BCUT2D eigenvalue weighted by Crippen LogP contribution is -2.42. The Balaban J connectivity index is 1.61. The molecule has 2 fully saturated rings. The highest BCUT2D eigenvalue weighted by Gasteiger charge is 2.29. The Morgan fingerprint density at radius 1 is 1.32 bits per heavy atom. The molecule has 1 atom stereocenters. The van der Waals surface area contributed by atoms with Gasteiger partial charge in [-0.15, -0.1) is 0 Å². The van der Waals surface area contributed by atoms with Gasteiger partial charge in [0.25, 0.3) is 5.91 Å². The van der Waals surface area contributed by atoms with Crippen LogP contribution in [0.1, 0.15) is 31.4 Å². The van der Waals surface area contributed by atoms with E-state index in [0.29, 0.717) is 17.8 Å². The van der Waals surface area contributed by atoms with Crippen molar-refractivity contribution in [1.82, 2.24) is 9.80 Å². The largest absolute Gasteiger partial charge is 0.452 e. The number of carbonyl (C=O) groups is 1. The van der Waals surface area contributed by atoms with Crippen LogP contribution in [-0.2, 0) is 16.1 Å². The van der Waals surface area contributed by atoms with Crippen LogP contribution in [-0.4, -0.2) is 54.6 Å². The Hall–Kier alpha value is -0.850. The molecule has 0 saturated carbocycles. The van der Waals surface area contributed by atoms with Gasteiger partial charge in [-0.3, -0.25) is 4.79 Å². The number of likely N-dealkylation sites (tertiary alicyclic amines) is 1. The number of amides is 1. The van der Waals surface area contributed by atoms with Gasteiger partial charge in [-0.1, -0.05) is 0 Å². The molecule has 3 heterocycles. The molecule has 2 aliphatic rings. The number of rotatable bonds is 6. The molecule has 1 aromatic heterocycles. The van der Waals surface area contributed by atoms with E-state index in [-0.39, 0.29) is 12.0 Å². The van der Waals surface area contributed by atoms with Crippen molar-refractivity contribution < 1.29 is 13.9 Å². The standard InChI is InChI=1S/C16H23BrN2O3/c17-15-6-5-13(22-15)12-19(10-9-18-7-1-2-8-18)16(20)14-4-3-11-21-14/h5-6,14H,1-4,7-12H2. The minimum Gasteiger partial charge on any atom is -0.452 e. The first-order chi connectivity index (χ1) is 10.7. The molecule has 0 bridgehead atoms. The molecule has 0 N–H and O–H groups in total. The number of furan rings is 1. The molecule has 0 spiro atoms. The number of carbonyl (C=O) groups excluding carboxylic acids is 1. The predicted molar refractivity (Wildman–Crippen MR) is 86.5 cm³/mol. The van der Waals surface area contributed by atoms with Gasteiger partial charge in [0.15, 0.2) is 4.67 Å². The zero-order valence-electron chi connectivity index (χ0n) is 12.8. The molecule has 0 radical (unpaired) electrons. The van der Waals surface area contributed by atoms with Crippen LogP contribution in [0.2, 0.25) is 0 Å². The molecule has 6 heteroatoms. The van der Waals surface area contributed by atoms with Gasteiger partial charge in [-0.25, -0.2) is 0 Å². The lowest BCUT2D eigenvalue weighted by Gasteiger charge is -2.26. The van der Waals surface area contributed by atoms with E-state index in [0.717, 1.165) is 44.8 Å². The van der Waals surface area contributed by atoms with Crippen LogP contribution in [0, 0.1) is 0 Å². The Kier molecular flexibility index (Phi) is 5.55. The summed E-state index contributed by atoms with van der Waals surface area (Å²) in [5.41, 5.74) is 0. The number of ether oxygens (including phenoxy) is 1. The van der Waals surface area contributed by atoms with E-state index in [1.165, 1.54) is 12.8 Å². The monoisotopic (exact) mass is 370 g/mol. The number of hydrogen-bond acceptors (Lipinski definition) is 4. The highest BCUT2D eigenvalue weighted by atomic mass is 79.9. The maximum Gasteiger partial charge on any atom is 0.252 e. The van der Waals surface area contributed by atoms with Gasteiger partial charge >= 0.3 is 0 Å². The fourth-order valence-electron chi connectivity index (χ4n) is 3.14. The van der Waals surface area contributed by atoms with E-state index in [4.69, 9.17) is 9.15 Å². The Morgan fingerprint density at radius 2 is 2.14 bits per heavy atom. The molecule has 5 nitrogen and oxygen atoms in total. The SMILES string of the molecule is O=C(C1CCCO1)N(CCN1CCCC1)Cc1ccc(Br)o1. The molecule has 1 unspecified atom stereocenters. The molecule has 0 aromatic carbocycles. The van der Waals surface area contributed by atoms with Crippen LogP contribution < -0.4 is 0 Å². The summed E-state index contributed by atoms with van der Waals surface area (Å²) in [7, 11) is 0. The summed E-state index contributed by atoms with van der Waals surface area (Å²) in [6.07, 6.45) is 4.08. The average Bonchev–Trinajstić information content (AvgIpc) is 3.25. The van der Waals surface area contributed by atoms with E-state index in [1.54, 1.807) is 0 Å². The zero-order chi connectivity index (χ0) is 15.4. The van der Waals surface area contributed by atoms with Gasteiger partial charge in [0, 0.05) is 19.7 Å². The smallest absolute Gasteiger partial charge is 0.252 e.